The first-order valence-corrected chi connectivity index (χ1v) is 8.85. The molecular formula is C19H21FN4O2. The number of piperazine rings is 1. The molecule has 1 aromatic carbocycles. The number of hydrogen-bond acceptors (Lipinski definition) is 5. The van der Waals surface area contributed by atoms with Crippen molar-refractivity contribution in [2.75, 3.05) is 37.7 Å². The van der Waals surface area contributed by atoms with Crippen LogP contribution in [0.3, 0.4) is 0 Å². The standard InChI is InChI=1S/C19H21FN4O2/c1-13-17(20)18(22-12-21-13)23-6-8-24(9-7-23)19(25)15-10-14-4-2-3-5-16(14)26-11-15/h2-5,12,15H,6-11H2,1H3. The van der Waals surface area contributed by atoms with Gasteiger partial charge < -0.3 is 14.5 Å². The molecule has 0 N–H and O–H groups in total. The molecule has 4 rings (SSSR count). The first-order chi connectivity index (χ1) is 12.6. The largest absolute Gasteiger partial charge is 0.492 e. The van der Waals surface area contributed by atoms with Gasteiger partial charge in [0.15, 0.2) is 11.6 Å². The second kappa shape index (κ2) is 6.90. The van der Waals surface area contributed by atoms with Crippen LogP contribution in [0.15, 0.2) is 30.6 Å². The van der Waals surface area contributed by atoms with Crippen molar-refractivity contribution in [2.45, 2.75) is 13.3 Å². The first kappa shape index (κ1) is 16.8. The van der Waals surface area contributed by atoms with Crippen LogP contribution in [0.5, 0.6) is 5.75 Å². The van der Waals surface area contributed by atoms with Gasteiger partial charge in [-0.3, -0.25) is 4.79 Å². The van der Waals surface area contributed by atoms with Crippen LogP contribution in [-0.4, -0.2) is 53.6 Å². The number of carbonyl (C=O) groups is 1. The van der Waals surface area contributed by atoms with Crippen molar-refractivity contribution in [3.8, 4) is 5.75 Å². The Morgan fingerprint density at radius 3 is 2.77 bits per heavy atom. The summed E-state index contributed by atoms with van der Waals surface area (Å²) in [5.41, 5.74) is 1.42. The molecule has 1 unspecified atom stereocenters. The highest BCUT2D eigenvalue weighted by molar-refractivity contribution is 5.80. The van der Waals surface area contributed by atoms with E-state index in [9.17, 15) is 9.18 Å². The summed E-state index contributed by atoms with van der Waals surface area (Å²) < 4.78 is 20.0. The van der Waals surface area contributed by atoms with Gasteiger partial charge in [-0.15, -0.1) is 0 Å². The number of benzene rings is 1. The average Bonchev–Trinajstić information content (AvgIpc) is 2.69. The van der Waals surface area contributed by atoms with Gasteiger partial charge in [-0.2, -0.15) is 0 Å². The number of carbonyl (C=O) groups excluding carboxylic acids is 1. The predicted molar refractivity (Wildman–Crippen MR) is 94.7 cm³/mol. The minimum Gasteiger partial charge on any atom is -0.492 e. The third-order valence-corrected chi connectivity index (χ3v) is 5.06. The van der Waals surface area contributed by atoms with Crippen LogP contribution in [0.1, 0.15) is 11.3 Å². The normalized spacial score (nSPS) is 19.7. The Labute approximate surface area is 151 Å². The molecular weight excluding hydrogens is 335 g/mol. The van der Waals surface area contributed by atoms with E-state index in [1.807, 2.05) is 34.1 Å². The summed E-state index contributed by atoms with van der Waals surface area (Å²) in [6.45, 7) is 4.27. The lowest BCUT2D eigenvalue weighted by atomic mass is 9.95. The smallest absolute Gasteiger partial charge is 0.229 e. The highest BCUT2D eigenvalue weighted by atomic mass is 19.1. The van der Waals surface area contributed by atoms with Crippen LogP contribution in [0.25, 0.3) is 0 Å². The maximum absolute atomic E-state index is 14.2. The van der Waals surface area contributed by atoms with E-state index in [4.69, 9.17) is 4.74 Å². The summed E-state index contributed by atoms with van der Waals surface area (Å²) in [6.07, 6.45) is 2.08. The second-order valence-corrected chi connectivity index (χ2v) is 6.73. The molecule has 0 saturated carbocycles. The topological polar surface area (TPSA) is 58.6 Å². The zero-order valence-corrected chi connectivity index (χ0v) is 14.7. The molecule has 6 nitrogen and oxygen atoms in total. The quantitative estimate of drug-likeness (QED) is 0.822. The van der Waals surface area contributed by atoms with E-state index in [0.717, 1.165) is 11.3 Å². The molecule has 0 spiro atoms. The van der Waals surface area contributed by atoms with Crippen LogP contribution < -0.4 is 9.64 Å². The fourth-order valence-electron chi connectivity index (χ4n) is 3.55. The van der Waals surface area contributed by atoms with Crippen LogP contribution in [-0.2, 0) is 11.2 Å². The van der Waals surface area contributed by atoms with Gasteiger partial charge >= 0.3 is 0 Å². The molecule has 1 amide bonds. The number of aromatic nitrogens is 2. The number of fused-ring (bicyclic) bond motifs is 1. The third-order valence-electron chi connectivity index (χ3n) is 5.06. The fourth-order valence-corrected chi connectivity index (χ4v) is 3.55. The van der Waals surface area contributed by atoms with Crippen molar-refractivity contribution >= 4 is 11.7 Å². The second-order valence-electron chi connectivity index (χ2n) is 6.73. The SMILES string of the molecule is Cc1ncnc(N2CCN(C(=O)C3COc4ccccc4C3)CC2)c1F. The van der Waals surface area contributed by atoms with Gasteiger partial charge in [0.2, 0.25) is 5.91 Å². The third kappa shape index (κ3) is 3.09. The number of halogens is 1. The Morgan fingerprint density at radius 1 is 1.19 bits per heavy atom. The average molecular weight is 356 g/mol. The van der Waals surface area contributed by atoms with Gasteiger partial charge in [-0.1, -0.05) is 18.2 Å². The molecule has 7 heteroatoms. The Morgan fingerprint density at radius 2 is 1.96 bits per heavy atom. The molecule has 1 saturated heterocycles. The van der Waals surface area contributed by atoms with Crippen molar-refractivity contribution < 1.29 is 13.9 Å². The Balaban J connectivity index is 1.39. The van der Waals surface area contributed by atoms with E-state index >= 15 is 0 Å². The molecule has 3 heterocycles. The van der Waals surface area contributed by atoms with Gasteiger partial charge in [0.1, 0.15) is 18.7 Å². The van der Waals surface area contributed by atoms with Crippen molar-refractivity contribution in [3.05, 3.63) is 47.7 Å². The van der Waals surface area contributed by atoms with E-state index in [2.05, 4.69) is 9.97 Å². The number of anilines is 1. The number of ether oxygens (including phenoxy) is 1. The van der Waals surface area contributed by atoms with Gasteiger partial charge in [0.05, 0.1) is 11.6 Å². The van der Waals surface area contributed by atoms with Crippen molar-refractivity contribution in [1.82, 2.24) is 14.9 Å². The molecule has 0 bridgehead atoms. The summed E-state index contributed by atoms with van der Waals surface area (Å²) in [7, 11) is 0. The fraction of sp³-hybridized carbons (Fsp3) is 0.421. The number of rotatable bonds is 2. The van der Waals surface area contributed by atoms with E-state index in [0.29, 0.717) is 50.7 Å². The molecule has 2 aromatic rings. The number of amides is 1. The number of hydrogen-bond donors (Lipinski definition) is 0. The van der Waals surface area contributed by atoms with Crippen molar-refractivity contribution in [2.24, 2.45) is 5.92 Å². The molecule has 2 aliphatic heterocycles. The molecule has 2 aliphatic rings. The van der Waals surface area contributed by atoms with Crippen LogP contribution in [0.2, 0.25) is 0 Å². The molecule has 1 fully saturated rings. The summed E-state index contributed by atoms with van der Waals surface area (Å²) in [5.74, 6) is 0.757. The first-order valence-electron chi connectivity index (χ1n) is 8.85. The van der Waals surface area contributed by atoms with Gasteiger partial charge in [0, 0.05) is 26.2 Å². The summed E-state index contributed by atoms with van der Waals surface area (Å²) in [4.78, 5) is 24.5. The number of aryl methyl sites for hydroxylation is 1. The highest BCUT2D eigenvalue weighted by Crippen LogP contribution is 2.28. The van der Waals surface area contributed by atoms with Gasteiger partial charge in [-0.05, 0) is 25.0 Å². The minimum atomic E-state index is -0.385. The van der Waals surface area contributed by atoms with E-state index in [1.54, 1.807) is 6.92 Å². The molecule has 26 heavy (non-hydrogen) atoms. The summed E-state index contributed by atoms with van der Waals surface area (Å²) in [6, 6.07) is 7.85. The summed E-state index contributed by atoms with van der Waals surface area (Å²) >= 11 is 0. The zero-order valence-electron chi connectivity index (χ0n) is 14.7. The highest BCUT2D eigenvalue weighted by Gasteiger charge is 2.32. The predicted octanol–water partition coefficient (Wildman–Crippen LogP) is 1.82. The van der Waals surface area contributed by atoms with Gasteiger partial charge in [0.25, 0.3) is 0 Å². The lowest BCUT2D eigenvalue weighted by Crippen LogP contribution is -2.52. The molecule has 1 atom stereocenters. The lowest BCUT2D eigenvalue weighted by Gasteiger charge is -2.37. The molecule has 0 radical (unpaired) electrons. The Kier molecular flexibility index (Phi) is 4.44. The van der Waals surface area contributed by atoms with E-state index < -0.39 is 0 Å². The monoisotopic (exact) mass is 356 g/mol. The van der Waals surface area contributed by atoms with Crippen molar-refractivity contribution in [1.29, 1.82) is 0 Å². The van der Waals surface area contributed by atoms with Crippen LogP contribution in [0.4, 0.5) is 10.2 Å². The van der Waals surface area contributed by atoms with E-state index in [-0.39, 0.29) is 17.6 Å². The maximum Gasteiger partial charge on any atom is 0.229 e. The number of nitrogens with zero attached hydrogens (tertiary/aromatic N) is 4. The Hall–Kier alpha value is -2.70. The van der Waals surface area contributed by atoms with Gasteiger partial charge in [-0.25, -0.2) is 14.4 Å². The number of para-hydroxylation sites is 1. The lowest BCUT2D eigenvalue weighted by molar-refractivity contribution is -0.137. The Bertz CT molecular complexity index is 821. The molecule has 1 aromatic heterocycles. The maximum atomic E-state index is 14.2. The molecule has 136 valence electrons. The molecule has 0 aliphatic carbocycles. The van der Waals surface area contributed by atoms with Crippen LogP contribution in [0, 0.1) is 18.7 Å². The minimum absolute atomic E-state index is 0.110. The van der Waals surface area contributed by atoms with Crippen LogP contribution >= 0.6 is 0 Å². The van der Waals surface area contributed by atoms with E-state index in [1.165, 1.54) is 6.33 Å². The summed E-state index contributed by atoms with van der Waals surface area (Å²) in [5, 5.41) is 0. The van der Waals surface area contributed by atoms with Crippen molar-refractivity contribution in [3.63, 3.8) is 0 Å². The zero-order chi connectivity index (χ0) is 18.1.